The molecule has 3 rings (SSSR count). The fourth-order valence-electron chi connectivity index (χ4n) is 4.46. The van der Waals surface area contributed by atoms with Gasteiger partial charge in [-0.3, -0.25) is 4.79 Å². The zero-order valence-electron chi connectivity index (χ0n) is 12.0. The van der Waals surface area contributed by atoms with E-state index in [1.807, 2.05) is 4.90 Å². The summed E-state index contributed by atoms with van der Waals surface area (Å²) in [5, 5.41) is 10.4. The van der Waals surface area contributed by atoms with Gasteiger partial charge in [0.15, 0.2) is 0 Å². The third-order valence-electron chi connectivity index (χ3n) is 5.72. The van der Waals surface area contributed by atoms with Gasteiger partial charge in [0.2, 0.25) is 5.91 Å². The van der Waals surface area contributed by atoms with Crippen LogP contribution in [0.3, 0.4) is 0 Å². The van der Waals surface area contributed by atoms with Crippen LogP contribution >= 0.6 is 0 Å². The summed E-state index contributed by atoms with van der Waals surface area (Å²) in [4.78, 5) is 14.4. The minimum atomic E-state index is -0.681. The normalized spacial score (nSPS) is 29.0. The van der Waals surface area contributed by atoms with Gasteiger partial charge in [0, 0.05) is 13.1 Å². The Bertz CT molecular complexity index is 341. The SMILES string of the molecule is O=C(CC1(O)CCCC1)N1CCC2(CCCCC2)C1. The molecule has 2 aliphatic carbocycles. The van der Waals surface area contributed by atoms with Crippen molar-refractivity contribution in [3.63, 3.8) is 0 Å². The van der Waals surface area contributed by atoms with Gasteiger partial charge in [-0.05, 0) is 37.5 Å². The van der Waals surface area contributed by atoms with E-state index in [4.69, 9.17) is 0 Å². The van der Waals surface area contributed by atoms with Crippen LogP contribution in [-0.2, 0) is 4.79 Å². The van der Waals surface area contributed by atoms with Crippen LogP contribution in [0.15, 0.2) is 0 Å². The summed E-state index contributed by atoms with van der Waals surface area (Å²) >= 11 is 0. The summed E-state index contributed by atoms with van der Waals surface area (Å²) in [5.41, 5.74) is -0.244. The second kappa shape index (κ2) is 5.08. The van der Waals surface area contributed by atoms with Gasteiger partial charge in [-0.2, -0.15) is 0 Å². The highest BCUT2D eigenvalue weighted by molar-refractivity contribution is 5.77. The monoisotopic (exact) mass is 265 g/mol. The quantitative estimate of drug-likeness (QED) is 0.834. The van der Waals surface area contributed by atoms with E-state index in [1.54, 1.807) is 0 Å². The predicted octanol–water partition coefficient (Wildman–Crippen LogP) is 2.86. The molecule has 108 valence electrons. The van der Waals surface area contributed by atoms with Crippen LogP contribution in [0.4, 0.5) is 0 Å². The Balaban J connectivity index is 1.56. The summed E-state index contributed by atoms with van der Waals surface area (Å²) in [6.07, 6.45) is 12.0. The summed E-state index contributed by atoms with van der Waals surface area (Å²) in [7, 11) is 0. The van der Waals surface area contributed by atoms with Crippen LogP contribution in [0.5, 0.6) is 0 Å². The van der Waals surface area contributed by atoms with Crippen LogP contribution in [0, 0.1) is 5.41 Å². The van der Waals surface area contributed by atoms with Crippen LogP contribution in [0.2, 0.25) is 0 Å². The van der Waals surface area contributed by atoms with Crippen molar-refractivity contribution in [1.29, 1.82) is 0 Å². The minimum absolute atomic E-state index is 0.201. The number of amides is 1. The van der Waals surface area contributed by atoms with Gasteiger partial charge in [-0.15, -0.1) is 0 Å². The largest absolute Gasteiger partial charge is 0.389 e. The number of likely N-dealkylation sites (tertiary alicyclic amines) is 1. The molecule has 0 aromatic carbocycles. The zero-order chi connectivity index (χ0) is 13.3. The van der Waals surface area contributed by atoms with Crippen molar-refractivity contribution >= 4 is 5.91 Å². The summed E-state index contributed by atoms with van der Waals surface area (Å²) in [6.45, 7) is 1.89. The highest BCUT2D eigenvalue weighted by Crippen LogP contribution is 2.44. The molecule has 3 aliphatic rings. The maximum Gasteiger partial charge on any atom is 0.225 e. The summed E-state index contributed by atoms with van der Waals surface area (Å²) in [5.74, 6) is 0.201. The Labute approximate surface area is 116 Å². The zero-order valence-corrected chi connectivity index (χ0v) is 12.0. The van der Waals surface area contributed by atoms with E-state index in [2.05, 4.69) is 0 Å². The standard InChI is InChI=1S/C16H27NO2/c18-14(12-16(19)8-4-5-9-16)17-11-10-15(13-17)6-2-1-3-7-15/h19H,1-13H2. The third-order valence-corrected chi connectivity index (χ3v) is 5.72. The third kappa shape index (κ3) is 2.81. The Hall–Kier alpha value is -0.570. The molecule has 2 saturated carbocycles. The molecule has 19 heavy (non-hydrogen) atoms. The molecule has 3 nitrogen and oxygen atoms in total. The second-order valence-corrected chi connectivity index (χ2v) is 7.23. The van der Waals surface area contributed by atoms with Crippen LogP contribution in [-0.4, -0.2) is 34.6 Å². The lowest BCUT2D eigenvalue weighted by molar-refractivity contribution is -0.135. The predicted molar refractivity (Wildman–Crippen MR) is 74.7 cm³/mol. The molecule has 0 aromatic rings. The first kappa shape index (κ1) is 13.4. The molecule has 0 unspecified atom stereocenters. The molecule has 1 amide bonds. The Morgan fingerprint density at radius 2 is 1.58 bits per heavy atom. The van der Waals surface area contributed by atoms with Gasteiger partial charge >= 0.3 is 0 Å². The van der Waals surface area contributed by atoms with Crippen molar-refractivity contribution in [2.45, 2.75) is 76.2 Å². The maximum absolute atomic E-state index is 12.4. The molecular formula is C16H27NO2. The lowest BCUT2D eigenvalue weighted by Gasteiger charge is -2.33. The highest BCUT2D eigenvalue weighted by Gasteiger charge is 2.42. The van der Waals surface area contributed by atoms with Crippen molar-refractivity contribution in [3.8, 4) is 0 Å². The average molecular weight is 265 g/mol. The van der Waals surface area contributed by atoms with E-state index < -0.39 is 5.60 Å². The molecule has 0 radical (unpaired) electrons. The number of rotatable bonds is 2. The molecule has 1 spiro atoms. The van der Waals surface area contributed by atoms with Crippen molar-refractivity contribution in [3.05, 3.63) is 0 Å². The number of hydrogen-bond donors (Lipinski definition) is 1. The minimum Gasteiger partial charge on any atom is -0.389 e. The maximum atomic E-state index is 12.4. The van der Waals surface area contributed by atoms with Gasteiger partial charge in [-0.25, -0.2) is 0 Å². The molecule has 1 N–H and O–H groups in total. The summed E-state index contributed by atoms with van der Waals surface area (Å²) in [6, 6.07) is 0. The molecule has 0 aromatic heterocycles. The fraction of sp³-hybridized carbons (Fsp3) is 0.938. The molecule has 1 heterocycles. The number of hydrogen-bond acceptors (Lipinski definition) is 2. The van der Waals surface area contributed by atoms with E-state index >= 15 is 0 Å². The first-order valence-electron chi connectivity index (χ1n) is 8.11. The van der Waals surface area contributed by atoms with Crippen molar-refractivity contribution in [2.75, 3.05) is 13.1 Å². The fourth-order valence-corrected chi connectivity index (χ4v) is 4.46. The van der Waals surface area contributed by atoms with Crippen molar-refractivity contribution in [1.82, 2.24) is 4.90 Å². The van der Waals surface area contributed by atoms with Crippen LogP contribution in [0.25, 0.3) is 0 Å². The number of aliphatic hydroxyl groups is 1. The Morgan fingerprint density at radius 1 is 0.947 bits per heavy atom. The first-order valence-corrected chi connectivity index (χ1v) is 8.11. The molecule has 1 aliphatic heterocycles. The van der Waals surface area contributed by atoms with Crippen molar-refractivity contribution in [2.24, 2.45) is 5.41 Å². The molecule has 1 saturated heterocycles. The Kier molecular flexibility index (Phi) is 3.59. The lowest BCUT2D eigenvalue weighted by atomic mass is 9.73. The first-order chi connectivity index (χ1) is 9.11. The number of carbonyl (C=O) groups is 1. The number of carbonyl (C=O) groups excluding carboxylic acids is 1. The van der Waals surface area contributed by atoms with Crippen LogP contribution < -0.4 is 0 Å². The van der Waals surface area contributed by atoms with E-state index in [0.717, 1.165) is 38.8 Å². The van der Waals surface area contributed by atoms with Gasteiger partial charge in [0.1, 0.15) is 0 Å². The smallest absolute Gasteiger partial charge is 0.225 e. The van der Waals surface area contributed by atoms with Crippen LogP contribution in [0.1, 0.15) is 70.6 Å². The molecule has 3 fully saturated rings. The second-order valence-electron chi connectivity index (χ2n) is 7.23. The van der Waals surface area contributed by atoms with E-state index in [0.29, 0.717) is 11.8 Å². The van der Waals surface area contributed by atoms with Gasteiger partial charge in [0.25, 0.3) is 0 Å². The number of nitrogens with zero attached hydrogens (tertiary/aromatic N) is 1. The van der Waals surface area contributed by atoms with E-state index in [-0.39, 0.29) is 5.91 Å². The lowest BCUT2D eigenvalue weighted by Crippen LogP contribution is -2.38. The summed E-state index contributed by atoms with van der Waals surface area (Å²) < 4.78 is 0. The van der Waals surface area contributed by atoms with Gasteiger partial charge < -0.3 is 10.0 Å². The molecule has 0 bridgehead atoms. The average Bonchev–Trinajstić information content (AvgIpc) is 2.98. The van der Waals surface area contributed by atoms with Crippen molar-refractivity contribution < 1.29 is 9.90 Å². The topological polar surface area (TPSA) is 40.5 Å². The van der Waals surface area contributed by atoms with E-state index in [1.165, 1.54) is 38.5 Å². The van der Waals surface area contributed by atoms with Gasteiger partial charge in [0.05, 0.1) is 12.0 Å². The van der Waals surface area contributed by atoms with E-state index in [9.17, 15) is 9.90 Å². The molecule has 0 atom stereocenters. The Morgan fingerprint density at radius 3 is 2.26 bits per heavy atom. The molecule has 3 heteroatoms. The highest BCUT2D eigenvalue weighted by atomic mass is 16.3. The van der Waals surface area contributed by atoms with Gasteiger partial charge in [-0.1, -0.05) is 32.1 Å². The molecular weight excluding hydrogens is 238 g/mol.